The molecule has 0 N–H and O–H groups in total. The van der Waals surface area contributed by atoms with Crippen molar-refractivity contribution in [3.63, 3.8) is 0 Å². The van der Waals surface area contributed by atoms with E-state index in [2.05, 4.69) is 197 Å². The molecule has 0 radical (unpaired) electrons. The summed E-state index contributed by atoms with van der Waals surface area (Å²) in [4.78, 5) is 0. The Balaban J connectivity index is 1.16. The van der Waals surface area contributed by atoms with Crippen LogP contribution in [0.3, 0.4) is 0 Å². The third-order valence-corrected chi connectivity index (χ3v) is 10.00. The van der Waals surface area contributed by atoms with E-state index in [1.165, 1.54) is 60.5 Å². The molecule has 0 aliphatic rings. The zero-order chi connectivity index (χ0) is 33.0. The summed E-state index contributed by atoms with van der Waals surface area (Å²) in [5, 5.41) is 4.92. The molecule has 2 heterocycles. The predicted octanol–water partition coefficient (Wildman–Crippen LogP) is 12.5. The maximum absolute atomic E-state index is 3.47. The van der Waals surface area contributed by atoms with Crippen LogP contribution in [0.5, 0.6) is 0 Å². The number of hydrogen-bond acceptors (Lipinski definition) is 0. The fourth-order valence-electron chi connectivity index (χ4n) is 7.74. The van der Waals surface area contributed by atoms with Crippen molar-refractivity contribution in [1.82, 2.24) is 9.13 Å². The first kappa shape index (κ1) is 28.2. The van der Waals surface area contributed by atoms with E-state index >= 15 is 0 Å². The second-order valence-corrected chi connectivity index (χ2v) is 12.8. The number of benzene rings is 7. The van der Waals surface area contributed by atoms with Crippen molar-refractivity contribution in [3.8, 4) is 44.8 Å². The molecule has 0 saturated carbocycles. The summed E-state index contributed by atoms with van der Waals surface area (Å²) in [5.74, 6) is 0. The maximum Gasteiger partial charge on any atom is 0.105 e. The number of hydrogen-bond donors (Lipinski definition) is 0. The van der Waals surface area contributed by atoms with Crippen molar-refractivity contribution in [2.24, 2.45) is 0 Å². The Morgan fingerprint density at radius 3 is 1.50 bits per heavy atom. The van der Waals surface area contributed by atoms with Crippen molar-refractivity contribution in [3.05, 3.63) is 194 Å². The topological polar surface area (TPSA) is 9.86 Å². The number of fused-ring (bicyclic) bond motifs is 6. The largest absolute Gasteiger partial charge is 0.309 e. The van der Waals surface area contributed by atoms with E-state index in [-0.39, 0.29) is 0 Å². The highest BCUT2D eigenvalue weighted by Crippen LogP contribution is 2.40. The normalized spacial score (nSPS) is 11.4. The summed E-state index contributed by atoms with van der Waals surface area (Å²) >= 11 is 0. The lowest BCUT2D eigenvalue weighted by atomic mass is 10.0. The highest BCUT2D eigenvalue weighted by Gasteiger charge is 2.18. The Morgan fingerprint density at radius 2 is 0.840 bits per heavy atom. The molecule has 0 fully saturated rings. The van der Waals surface area contributed by atoms with Gasteiger partial charge in [-0.05, 0) is 82.9 Å². The van der Waals surface area contributed by atoms with Crippen LogP contribution in [0.2, 0.25) is 0 Å². The van der Waals surface area contributed by atoms with Gasteiger partial charge in [0.2, 0.25) is 0 Å². The van der Waals surface area contributed by atoms with Crippen LogP contribution in [0.1, 0.15) is 0 Å². The Bertz CT molecular complexity index is 2660. The maximum atomic E-state index is 3.47. The summed E-state index contributed by atoms with van der Waals surface area (Å²) in [7, 11) is 0. The second kappa shape index (κ2) is 11.4. The van der Waals surface area contributed by atoms with Crippen molar-refractivity contribution in [1.29, 1.82) is 0 Å². The van der Waals surface area contributed by atoms with Crippen molar-refractivity contribution in [2.45, 2.75) is 0 Å². The summed E-state index contributed by atoms with van der Waals surface area (Å²) < 4.78 is 4.76. The molecule has 0 amide bonds. The summed E-state index contributed by atoms with van der Waals surface area (Å²) in [6.45, 7) is 0. The minimum Gasteiger partial charge on any atom is -0.309 e. The number of nitrogens with zero attached hydrogens (tertiary/aromatic N) is 2. The van der Waals surface area contributed by atoms with Gasteiger partial charge in [-0.3, -0.25) is 0 Å². The first-order valence-corrected chi connectivity index (χ1v) is 17.0. The molecule has 0 bridgehead atoms. The number of aromatic nitrogens is 2. The first-order valence-electron chi connectivity index (χ1n) is 17.0. The van der Waals surface area contributed by atoms with Gasteiger partial charge in [-0.25, -0.2) is 0 Å². The van der Waals surface area contributed by atoms with Gasteiger partial charge in [0.1, 0.15) is 5.69 Å². The van der Waals surface area contributed by atoms with Gasteiger partial charge < -0.3 is 9.13 Å². The van der Waals surface area contributed by atoms with Gasteiger partial charge in [0.15, 0.2) is 0 Å². The van der Waals surface area contributed by atoms with Crippen LogP contribution >= 0.6 is 0 Å². The third-order valence-electron chi connectivity index (χ3n) is 10.00. The third kappa shape index (κ3) is 4.38. The molecule has 10 rings (SSSR count). The Kier molecular flexibility index (Phi) is 6.44. The van der Waals surface area contributed by atoms with Crippen LogP contribution in [-0.4, -0.2) is 9.13 Å². The van der Waals surface area contributed by atoms with E-state index in [0.29, 0.717) is 0 Å². The smallest absolute Gasteiger partial charge is 0.105 e. The molecule has 232 valence electrons. The van der Waals surface area contributed by atoms with E-state index in [1.807, 2.05) is 6.07 Å². The molecular weight excluding hydrogens is 605 g/mol. The van der Waals surface area contributed by atoms with Crippen LogP contribution in [0.4, 0.5) is 0 Å². The highest BCUT2D eigenvalue weighted by atomic mass is 15.0. The van der Waals surface area contributed by atoms with Crippen LogP contribution in [0, 0.1) is 12.1 Å². The molecule has 2 aromatic heterocycles. The lowest BCUT2D eigenvalue weighted by Gasteiger charge is -2.14. The lowest BCUT2D eigenvalue weighted by molar-refractivity contribution is 1.18. The van der Waals surface area contributed by atoms with Gasteiger partial charge in [-0.15, -0.1) is 0 Å². The predicted molar refractivity (Wildman–Crippen MR) is 209 cm³/mol. The molecule has 0 spiro atoms. The van der Waals surface area contributed by atoms with E-state index in [0.717, 1.165) is 27.8 Å². The Hall–Kier alpha value is -6.82. The molecule has 0 atom stereocenters. The zero-order valence-electron chi connectivity index (χ0n) is 27.2. The first-order chi connectivity index (χ1) is 24.8. The van der Waals surface area contributed by atoms with Gasteiger partial charge in [-0.1, -0.05) is 133 Å². The van der Waals surface area contributed by atoms with Crippen molar-refractivity contribution < 1.29 is 0 Å². The summed E-state index contributed by atoms with van der Waals surface area (Å²) in [6.07, 6.45) is 0. The molecule has 2 heteroatoms. The van der Waals surface area contributed by atoms with Gasteiger partial charge in [0.05, 0.1) is 27.8 Å². The molecule has 50 heavy (non-hydrogen) atoms. The summed E-state index contributed by atoms with van der Waals surface area (Å²) in [5.41, 5.74) is 14.0. The molecule has 0 saturated heterocycles. The standard InChI is InChI=1S/C48H30N2/c1-3-15-33(16-4-1)37-19-7-11-23-43(37)49-45-25-13-9-21-39(45)41-31-35(27-29-47(41)49)36-28-30-48-42(32-36)40-22-10-14-26-46(40)50(48)44-24-12-8-20-38(44)34-17-5-2-6-18-34/h1-11,13-23,25-32H. The van der Waals surface area contributed by atoms with E-state index in [4.69, 9.17) is 0 Å². The number of rotatable bonds is 5. The SMILES string of the molecule is c1ccc(-c2ccccc2)c(-n2c3ccccc3c3cc(-c4ccc5c(c4)c4ccccc4n5-c4ccccc4-c4ccccc4)ccc32)c#1. The molecule has 8 aromatic carbocycles. The molecule has 2 nitrogen and oxygen atoms in total. The van der Waals surface area contributed by atoms with Crippen LogP contribution in [0.25, 0.3) is 88.4 Å². The van der Waals surface area contributed by atoms with Crippen molar-refractivity contribution in [2.75, 3.05) is 0 Å². The van der Waals surface area contributed by atoms with Gasteiger partial charge in [0.25, 0.3) is 0 Å². The minimum atomic E-state index is 1.00. The number of para-hydroxylation sites is 3. The molecule has 0 aliphatic carbocycles. The fraction of sp³-hybridized carbons (Fsp3) is 0. The Morgan fingerprint density at radius 1 is 0.340 bits per heavy atom. The van der Waals surface area contributed by atoms with E-state index in [1.54, 1.807) is 0 Å². The van der Waals surface area contributed by atoms with Crippen LogP contribution in [0.15, 0.2) is 182 Å². The monoisotopic (exact) mass is 634 g/mol. The van der Waals surface area contributed by atoms with Gasteiger partial charge >= 0.3 is 0 Å². The second-order valence-electron chi connectivity index (χ2n) is 12.8. The summed E-state index contributed by atoms with van der Waals surface area (Å²) in [6, 6.07) is 72.0. The fourth-order valence-corrected chi connectivity index (χ4v) is 7.74. The van der Waals surface area contributed by atoms with Crippen molar-refractivity contribution >= 4 is 43.6 Å². The minimum absolute atomic E-state index is 1.00. The van der Waals surface area contributed by atoms with E-state index in [9.17, 15) is 0 Å². The molecule has 0 unspecified atom stereocenters. The van der Waals surface area contributed by atoms with Gasteiger partial charge in [0, 0.05) is 32.7 Å². The quantitative estimate of drug-likeness (QED) is 0.178. The molecular formula is C48H30N2. The average molecular weight is 635 g/mol. The zero-order valence-corrected chi connectivity index (χ0v) is 27.2. The highest BCUT2D eigenvalue weighted by molar-refractivity contribution is 6.13. The van der Waals surface area contributed by atoms with Crippen LogP contribution in [-0.2, 0) is 0 Å². The van der Waals surface area contributed by atoms with Crippen LogP contribution < -0.4 is 0 Å². The average Bonchev–Trinajstić information content (AvgIpc) is 3.70. The van der Waals surface area contributed by atoms with E-state index < -0.39 is 0 Å². The Labute approximate surface area is 290 Å². The van der Waals surface area contributed by atoms with Gasteiger partial charge in [-0.2, -0.15) is 0 Å². The molecule has 10 aromatic rings. The lowest BCUT2D eigenvalue weighted by Crippen LogP contribution is -1.97. The molecule has 0 aliphatic heterocycles.